The van der Waals surface area contributed by atoms with E-state index in [1.54, 1.807) is 10.7 Å². The Hall–Kier alpha value is -3.50. The Morgan fingerprint density at radius 2 is 1.61 bits per heavy atom. The van der Waals surface area contributed by atoms with Crippen LogP contribution in [0.25, 0.3) is 5.69 Å². The van der Waals surface area contributed by atoms with Gasteiger partial charge in [-0.1, -0.05) is 74.1 Å². The van der Waals surface area contributed by atoms with Crippen molar-refractivity contribution in [3.8, 4) is 5.69 Å². The monoisotopic (exact) mass is 519 g/mol. The van der Waals surface area contributed by atoms with E-state index in [0.29, 0.717) is 18.7 Å². The van der Waals surface area contributed by atoms with E-state index in [9.17, 15) is 13.2 Å². The quantitative estimate of drug-likeness (QED) is 0.312. The Morgan fingerprint density at radius 3 is 2.31 bits per heavy atom. The number of hydrogen-bond donors (Lipinski definition) is 0. The van der Waals surface area contributed by atoms with Gasteiger partial charge in [0.05, 0.1) is 16.6 Å². The molecule has 0 bridgehead atoms. The van der Waals surface area contributed by atoms with Gasteiger partial charge in [-0.05, 0) is 58.7 Å². The van der Waals surface area contributed by atoms with E-state index in [1.165, 1.54) is 17.8 Å². The molecule has 5 rings (SSSR count). The molecule has 4 aromatic rings. The molecule has 3 aromatic carbocycles. The summed E-state index contributed by atoms with van der Waals surface area (Å²) in [5.74, 6) is 0.115. The first kappa shape index (κ1) is 24.2. The third kappa shape index (κ3) is 4.42. The minimum atomic E-state index is -4.02. The molecule has 36 heavy (non-hydrogen) atoms. The molecule has 1 aromatic heterocycles. The van der Waals surface area contributed by atoms with Crippen LogP contribution in [-0.2, 0) is 16.4 Å². The number of para-hydroxylation sites is 1. The van der Waals surface area contributed by atoms with Crippen LogP contribution in [0.4, 0.5) is 0 Å². The fourth-order valence-electron chi connectivity index (χ4n) is 4.35. The Balaban J connectivity index is 1.51. The highest BCUT2D eigenvalue weighted by Crippen LogP contribution is 2.41. The lowest BCUT2D eigenvalue weighted by molar-refractivity contribution is 0.0858. The molecular weight excluding hydrogens is 494 g/mol. The van der Waals surface area contributed by atoms with Gasteiger partial charge in [0.25, 0.3) is 15.9 Å². The van der Waals surface area contributed by atoms with E-state index in [2.05, 4.69) is 15.5 Å². The number of fused-ring (bicyclic) bond motifs is 1. The average molecular weight is 520 g/mol. The van der Waals surface area contributed by atoms with Crippen molar-refractivity contribution in [2.24, 2.45) is 0 Å². The molecule has 0 saturated carbocycles. The zero-order valence-electron chi connectivity index (χ0n) is 19.9. The molecule has 0 radical (unpaired) electrons. The van der Waals surface area contributed by atoms with Crippen molar-refractivity contribution in [1.82, 2.24) is 24.5 Å². The molecule has 0 N–H and O–H groups in total. The molecule has 8 nitrogen and oxygen atoms in total. The molecule has 0 aliphatic carbocycles. The van der Waals surface area contributed by atoms with Crippen LogP contribution in [0.2, 0.25) is 0 Å². The summed E-state index contributed by atoms with van der Waals surface area (Å²) in [7, 11) is -4.02. The summed E-state index contributed by atoms with van der Waals surface area (Å²) in [5.41, 5.74) is 1.82. The predicted molar refractivity (Wildman–Crippen MR) is 137 cm³/mol. The highest BCUT2D eigenvalue weighted by molar-refractivity contribution is 8.01. The average Bonchev–Trinajstić information content (AvgIpc) is 3.43. The van der Waals surface area contributed by atoms with Gasteiger partial charge in [0.2, 0.25) is 0 Å². The number of rotatable bonds is 8. The molecule has 1 amide bonds. The number of carbonyl (C=O) groups is 1. The highest BCUT2D eigenvalue weighted by Gasteiger charge is 2.46. The van der Waals surface area contributed by atoms with Gasteiger partial charge in [0, 0.05) is 11.3 Å². The Kier molecular flexibility index (Phi) is 6.63. The first-order valence-electron chi connectivity index (χ1n) is 11.6. The molecule has 1 aliphatic rings. The molecule has 0 saturated heterocycles. The first-order valence-corrected chi connectivity index (χ1v) is 14.0. The molecule has 0 fully saturated rings. The number of tetrazole rings is 1. The maximum atomic E-state index is 13.7. The second-order valence-electron chi connectivity index (χ2n) is 8.75. The summed E-state index contributed by atoms with van der Waals surface area (Å²) in [5, 5.41) is 11.4. The molecule has 184 valence electrons. The number of thioether (sulfide) groups is 1. The Morgan fingerprint density at radius 1 is 0.917 bits per heavy atom. The van der Waals surface area contributed by atoms with E-state index in [4.69, 9.17) is 0 Å². The van der Waals surface area contributed by atoms with Crippen molar-refractivity contribution in [2.75, 3.05) is 0 Å². The summed E-state index contributed by atoms with van der Waals surface area (Å²) in [4.78, 5) is 14.7. The van der Waals surface area contributed by atoms with Crippen LogP contribution in [0.3, 0.4) is 0 Å². The van der Waals surface area contributed by atoms with Gasteiger partial charge >= 0.3 is 0 Å². The van der Waals surface area contributed by atoms with Gasteiger partial charge in [0.1, 0.15) is 4.90 Å². The fraction of sp³-hybridized carbons (Fsp3) is 0.231. The van der Waals surface area contributed by atoms with Crippen molar-refractivity contribution in [3.63, 3.8) is 0 Å². The zero-order chi connectivity index (χ0) is 25.3. The van der Waals surface area contributed by atoms with Crippen LogP contribution < -0.4 is 0 Å². The maximum absolute atomic E-state index is 13.7. The van der Waals surface area contributed by atoms with Crippen LogP contribution in [-0.4, -0.2) is 44.2 Å². The minimum absolute atomic E-state index is 0.00905. The molecule has 2 heterocycles. The Bertz CT molecular complexity index is 1490. The van der Waals surface area contributed by atoms with Gasteiger partial charge in [0.15, 0.2) is 5.82 Å². The van der Waals surface area contributed by atoms with Gasteiger partial charge < -0.3 is 0 Å². The fourth-order valence-corrected chi connectivity index (χ4v) is 7.52. The molecule has 1 atom stereocenters. The lowest BCUT2D eigenvalue weighted by Gasteiger charge is -2.26. The van der Waals surface area contributed by atoms with Crippen LogP contribution >= 0.6 is 11.8 Å². The topological polar surface area (TPSA) is 98.1 Å². The number of aryl methyl sites for hydroxylation is 1. The zero-order valence-corrected chi connectivity index (χ0v) is 21.5. The number of aromatic nitrogens is 4. The minimum Gasteiger partial charge on any atom is -0.268 e. The second kappa shape index (κ2) is 9.87. The molecule has 0 spiro atoms. The normalized spacial score (nSPS) is 15.3. The van der Waals surface area contributed by atoms with Gasteiger partial charge in [-0.3, -0.25) is 4.79 Å². The summed E-state index contributed by atoms with van der Waals surface area (Å²) in [6.07, 6.45) is 0.710. The van der Waals surface area contributed by atoms with E-state index < -0.39 is 21.3 Å². The van der Waals surface area contributed by atoms with Gasteiger partial charge in [-0.2, -0.15) is 4.68 Å². The third-order valence-corrected chi connectivity index (χ3v) is 9.29. The van der Waals surface area contributed by atoms with E-state index in [0.717, 1.165) is 20.5 Å². The summed E-state index contributed by atoms with van der Waals surface area (Å²) >= 11 is 1.35. The van der Waals surface area contributed by atoms with Crippen molar-refractivity contribution < 1.29 is 13.2 Å². The molecular formula is C26H25N5O3S2. The number of nitrogens with zero attached hydrogens (tertiary/aromatic N) is 5. The summed E-state index contributed by atoms with van der Waals surface area (Å²) in [6, 6.07) is 24.0. The van der Waals surface area contributed by atoms with Crippen LogP contribution in [0.1, 0.15) is 47.9 Å². The number of sulfonamides is 1. The Labute approximate surface area is 214 Å². The second-order valence-corrected chi connectivity index (χ2v) is 11.8. The van der Waals surface area contributed by atoms with Crippen LogP contribution in [0.5, 0.6) is 0 Å². The number of carbonyl (C=O) groups excluding carboxylic acids is 1. The smallest absolute Gasteiger partial charge is 0.268 e. The SMILES string of the molecule is CC(C)c1cccc2c1C(=O)N(C(CCc1nnnn1-c1ccccc1)Sc1ccccc1)S2(=O)=O. The first-order chi connectivity index (χ1) is 17.4. The summed E-state index contributed by atoms with van der Waals surface area (Å²) < 4.78 is 30.1. The van der Waals surface area contributed by atoms with Crippen molar-refractivity contribution in [2.45, 2.75) is 47.8 Å². The van der Waals surface area contributed by atoms with Crippen molar-refractivity contribution in [3.05, 3.63) is 95.8 Å². The van der Waals surface area contributed by atoms with Gasteiger partial charge in [-0.15, -0.1) is 5.10 Å². The number of benzene rings is 3. The van der Waals surface area contributed by atoms with Crippen molar-refractivity contribution in [1.29, 1.82) is 0 Å². The lowest BCUT2D eigenvalue weighted by atomic mass is 9.97. The maximum Gasteiger partial charge on any atom is 0.270 e. The van der Waals surface area contributed by atoms with Crippen LogP contribution in [0, 0.1) is 0 Å². The van der Waals surface area contributed by atoms with Crippen LogP contribution in [0.15, 0.2) is 88.7 Å². The molecule has 10 heteroatoms. The molecule has 1 unspecified atom stereocenters. The predicted octanol–water partition coefficient (Wildman–Crippen LogP) is 4.68. The third-order valence-electron chi connectivity index (χ3n) is 6.06. The molecule has 1 aliphatic heterocycles. The number of amides is 1. The van der Waals surface area contributed by atoms with E-state index >= 15 is 0 Å². The largest absolute Gasteiger partial charge is 0.270 e. The lowest BCUT2D eigenvalue weighted by Crippen LogP contribution is -2.38. The summed E-state index contributed by atoms with van der Waals surface area (Å²) in [6.45, 7) is 3.91. The number of hydrogen-bond acceptors (Lipinski definition) is 7. The van der Waals surface area contributed by atoms with E-state index in [1.807, 2.05) is 80.6 Å². The highest BCUT2D eigenvalue weighted by atomic mass is 32.2. The van der Waals surface area contributed by atoms with E-state index in [-0.39, 0.29) is 16.4 Å². The van der Waals surface area contributed by atoms with Crippen molar-refractivity contribution >= 4 is 27.7 Å². The standard InChI is InChI=1S/C26H25N5O3S2/c1-18(2)21-14-9-15-22-25(21)26(32)31(36(22,33)34)24(35-20-12-7-4-8-13-20)17-16-23-27-28-29-30(23)19-10-5-3-6-11-19/h3-15,18,24H,16-17H2,1-2H3. The van der Waals surface area contributed by atoms with Gasteiger partial charge in [-0.25, -0.2) is 12.7 Å².